The van der Waals surface area contributed by atoms with Crippen molar-refractivity contribution < 1.29 is 9.59 Å². The Morgan fingerprint density at radius 2 is 1.92 bits per heavy atom. The second kappa shape index (κ2) is 6.45. The molecule has 1 spiro atoms. The van der Waals surface area contributed by atoms with Crippen LogP contribution in [0.3, 0.4) is 0 Å². The average molecular weight is 341 g/mol. The van der Waals surface area contributed by atoms with Crippen molar-refractivity contribution in [3.05, 3.63) is 35.4 Å². The summed E-state index contributed by atoms with van der Waals surface area (Å²) in [7, 11) is 2.03. The molecule has 1 N–H and O–H groups in total. The zero-order valence-corrected chi connectivity index (χ0v) is 15.0. The number of nitrogens with zero attached hydrogens (tertiary/aromatic N) is 2. The number of amides is 3. The summed E-state index contributed by atoms with van der Waals surface area (Å²) < 4.78 is 0. The number of rotatable bonds is 3. The summed E-state index contributed by atoms with van der Waals surface area (Å²) in [5, 5.41) is 3.07. The van der Waals surface area contributed by atoms with Crippen LogP contribution in [0.25, 0.3) is 0 Å². The van der Waals surface area contributed by atoms with Crippen LogP contribution in [-0.4, -0.2) is 41.5 Å². The molecule has 0 aromatic heterocycles. The lowest BCUT2D eigenvalue weighted by atomic mass is 9.84. The summed E-state index contributed by atoms with van der Waals surface area (Å²) >= 11 is 0. The highest BCUT2D eigenvalue weighted by atomic mass is 16.2. The number of hydrogen-bond donors (Lipinski definition) is 1. The molecule has 3 aliphatic rings. The van der Waals surface area contributed by atoms with Gasteiger partial charge in [-0.1, -0.05) is 37.1 Å². The predicted octanol–water partition coefficient (Wildman–Crippen LogP) is 2.99. The van der Waals surface area contributed by atoms with Gasteiger partial charge in [0.15, 0.2) is 0 Å². The third-order valence-electron chi connectivity index (χ3n) is 6.21. The summed E-state index contributed by atoms with van der Waals surface area (Å²) in [6.45, 7) is 0.388. The van der Waals surface area contributed by atoms with E-state index >= 15 is 0 Å². The lowest BCUT2D eigenvalue weighted by Crippen LogP contribution is -2.46. The van der Waals surface area contributed by atoms with Gasteiger partial charge in [-0.3, -0.25) is 9.69 Å². The molecular weight excluding hydrogens is 314 g/mol. The highest BCUT2D eigenvalue weighted by Gasteiger charge is 2.53. The normalized spacial score (nSPS) is 27.0. The number of aryl methyl sites for hydroxylation is 1. The van der Waals surface area contributed by atoms with Crippen LogP contribution < -0.4 is 5.32 Å². The molecule has 1 aromatic carbocycles. The second-order valence-electron chi connectivity index (χ2n) is 7.77. The van der Waals surface area contributed by atoms with Gasteiger partial charge in [0.25, 0.3) is 5.91 Å². The number of urea groups is 1. The number of imide groups is 1. The Bertz CT molecular complexity index is 683. The molecule has 2 fully saturated rings. The number of benzene rings is 1. The fraction of sp³-hybridized carbons (Fsp3) is 0.600. The Morgan fingerprint density at radius 3 is 2.72 bits per heavy atom. The van der Waals surface area contributed by atoms with Crippen molar-refractivity contribution >= 4 is 11.9 Å². The molecule has 25 heavy (non-hydrogen) atoms. The maximum absolute atomic E-state index is 13.4. The van der Waals surface area contributed by atoms with E-state index < -0.39 is 5.54 Å². The average Bonchev–Trinajstić information content (AvgIpc) is 3.18. The molecule has 1 unspecified atom stereocenters. The first-order valence-corrected chi connectivity index (χ1v) is 9.54. The highest BCUT2D eigenvalue weighted by Crippen LogP contribution is 2.39. The number of nitrogens with one attached hydrogen (secondary N) is 1. The predicted molar refractivity (Wildman–Crippen MR) is 95.9 cm³/mol. The summed E-state index contributed by atoms with van der Waals surface area (Å²) in [6.07, 6.45) is 8.49. The molecule has 1 aromatic rings. The van der Waals surface area contributed by atoms with Gasteiger partial charge < -0.3 is 5.32 Å². The zero-order valence-electron chi connectivity index (χ0n) is 15.0. The van der Waals surface area contributed by atoms with Crippen molar-refractivity contribution in [3.8, 4) is 0 Å². The van der Waals surface area contributed by atoms with Crippen LogP contribution in [0.5, 0.6) is 0 Å². The van der Waals surface area contributed by atoms with Crippen LogP contribution in [0, 0.1) is 0 Å². The van der Waals surface area contributed by atoms with Gasteiger partial charge in [0.05, 0.1) is 6.67 Å². The van der Waals surface area contributed by atoms with Gasteiger partial charge in [0.1, 0.15) is 5.54 Å². The van der Waals surface area contributed by atoms with Crippen molar-refractivity contribution in [2.45, 2.75) is 62.9 Å². The third kappa shape index (κ3) is 2.74. The Morgan fingerprint density at radius 1 is 1.16 bits per heavy atom. The van der Waals surface area contributed by atoms with E-state index in [1.54, 1.807) is 0 Å². The van der Waals surface area contributed by atoms with E-state index in [1.807, 2.05) is 25.2 Å². The molecule has 4 rings (SSSR count). The van der Waals surface area contributed by atoms with E-state index in [-0.39, 0.29) is 11.9 Å². The van der Waals surface area contributed by atoms with E-state index in [0.29, 0.717) is 19.1 Å². The molecule has 1 saturated carbocycles. The minimum atomic E-state index is -0.860. The minimum Gasteiger partial charge on any atom is -0.319 e. The summed E-state index contributed by atoms with van der Waals surface area (Å²) in [5.74, 6) is -0.0725. The highest BCUT2D eigenvalue weighted by molar-refractivity contribution is 6.07. The molecule has 2 aliphatic carbocycles. The van der Waals surface area contributed by atoms with Gasteiger partial charge >= 0.3 is 6.03 Å². The topological polar surface area (TPSA) is 52.6 Å². The number of carbonyl (C=O) groups excluding carboxylic acids is 2. The van der Waals surface area contributed by atoms with E-state index in [1.165, 1.54) is 23.3 Å². The van der Waals surface area contributed by atoms with Gasteiger partial charge in [-0.15, -0.1) is 0 Å². The minimum absolute atomic E-state index is 0.0725. The third-order valence-corrected chi connectivity index (χ3v) is 6.21. The maximum Gasteiger partial charge on any atom is 0.326 e. The monoisotopic (exact) mass is 341 g/mol. The molecular formula is C20H27N3O2. The van der Waals surface area contributed by atoms with Crippen molar-refractivity contribution in [1.29, 1.82) is 0 Å². The van der Waals surface area contributed by atoms with Crippen LogP contribution in [0.15, 0.2) is 24.3 Å². The first-order chi connectivity index (χ1) is 12.1. The fourth-order valence-electron chi connectivity index (χ4n) is 4.79. The lowest BCUT2D eigenvalue weighted by Gasteiger charge is -2.30. The molecule has 0 radical (unpaired) electrons. The molecule has 1 heterocycles. The van der Waals surface area contributed by atoms with Crippen molar-refractivity contribution in [2.24, 2.45) is 0 Å². The van der Waals surface area contributed by atoms with Gasteiger partial charge in [-0.2, -0.15) is 0 Å². The van der Waals surface area contributed by atoms with Crippen LogP contribution in [0.2, 0.25) is 0 Å². The molecule has 5 nitrogen and oxygen atoms in total. The second-order valence-corrected chi connectivity index (χ2v) is 7.77. The summed E-state index contributed by atoms with van der Waals surface area (Å²) in [6, 6.07) is 8.34. The van der Waals surface area contributed by atoms with Crippen LogP contribution in [0.1, 0.15) is 56.1 Å². The largest absolute Gasteiger partial charge is 0.326 e. The quantitative estimate of drug-likeness (QED) is 0.860. The molecule has 5 heteroatoms. The number of hydrogen-bond acceptors (Lipinski definition) is 3. The van der Waals surface area contributed by atoms with E-state index in [0.717, 1.165) is 37.7 Å². The van der Waals surface area contributed by atoms with Gasteiger partial charge in [0.2, 0.25) is 0 Å². The first kappa shape index (κ1) is 16.6. The lowest BCUT2D eigenvalue weighted by molar-refractivity contribution is -0.133. The van der Waals surface area contributed by atoms with Gasteiger partial charge in [0, 0.05) is 6.04 Å². The smallest absolute Gasteiger partial charge is 0.319 e. The zero-order chi connectivity index (χ0) is 17.4. The first-order valence-electron chi connectivity index (χ1n) is 9.54. The molecule has 134 valence electrons. The maximum atomic E-state index is 13.4. The fourth-order valence-corrected chi connectivity index (χ4v) is 4.79. The Kier molecular flexibility index (Phi) is 4.28. The standard InChI is InChI=1S/C20H27N3O2/c1-22(16-10-3-4-11-16)14-23-18(24)20(21-19(23)25)13-7-6-9-15-8-2-5-12-17(15)20/h2,5,8,12,16H,3-4,6-7,9-11,13-14H2,1H3,(H,21,25). The Hall–Kier alpha value is -1.88. The van der Waals surface area contributed by atoms with Crippen molar-refractivity contribution in [3.63, 3.8) is 0 Å². The number of fused-ring (bicyclic) bond motifs is 2. The van der Waals surface area contributed by atoms with Crippen molar-refractivity contribution in [2.75, 3.05) is 13.7 Å². The van der Waals surface area contributed by atoms with Crippen LogP contribution in [0.4, 0.5) is 4.79 Å². The Balaban J connectivity index is 1.62. The van der Waals surface area contributed by atoms with Crippen LogP contribution >= 0.6 is 0 Å². The van der Waals surface area contributed by atoms with E-state index in [9.17, 15) is 9.59 Å². The van der Waals surface area contributed by atoms with Gasteiger partial charge in [-0.05, 0) is 56.7 Å². The molecule has 1 saturated heterocycles. The van der Waals surface area contributed by atoms with Crippen LogP contribution in [-0.2, 0) is 16.8 Å². The van der Waals surface area contributed by atoms with E-state index in [2.05, 4.69) is 16.3 Å². The molecule has 3 amide bonds. The number of carbonyl (C=O) groups is 2. The molecule has 1 aliphatic heterocycles. The van der Waals surface area contributed by atoms with E-state index in [4.69, 9.17) is 0 Å². The summed E-state index contributed by atoms with van der Waals surface area (Å²) in [5.41, 5.74) is 1.33. The molecule has 1 atom stereocenters. The summed E-state index contributed by atoms with van der Waals surface area (Å²) in [4.78, 5) is 29.7. The molecule has 0 bridgehead atoms. The van der Waals surface area contributed by atoms with Crippen molar-refractivity contribution in [1.82, 2.24) is 15.1 Å². The van der Waals surface area contributed by atoms with Gasteiger partial charge in [-0.25, -0.2) is 9.69 Å². The Labute approximate surface area is 149 Å². The SMILES string of the molecule is CN(CN1C(=O)NC2(CCCCc3ccccc32)C1=O)C1CCCC1.